The van der Waals surface area contributed by atoms with Gasteiger partial charge in [-0.15, -0.1) is 0 Å². The quantitative estimate of drug-likeness (QED) is 0.418. The second-order valence-corrected chi connectivity index (χ2v) is 23.7. The average molecular weight is 371 g/mol. The van der Waals surface area contributed by atoms with Gasteiger partial charge in [0, 0.05) is 11.1 Å². The average Bonchev–Trinajstić information content (AvgIpc) is 2.31. The molecule has 2 rings (SSSR count). The number of hydrogen-bond acceptors (Lipinski definition) is 2. The van der Waals surface area contributed by atoms with Crippen LogP contribution in [0.4, 0.5) is 0 Å². The molecule has 0 bridgehead atoms. The van der Waals surface area contributed by atoms with E-state index in [0.29, 0.717) is 22.4 Å². The van der Waals surface area contributed by atoms with Gasteiger partial charge < -0.3 is 8.23 Å². The smallest absolute Gasteiger partial charge is 0.325 e. The highest BCUT2D eigenvalue weighted by molar-refractivity contribution is 6.91. The lowest BCUT2D eigenvalue weighted by Gasteiger charge is -2.62. The molecule has 1 aliphatic carbocycles. The van der Waals surface area contributed by atoms with Crippen molar-refractivity contribution in [2.45, 2.75) is 90.4 Å². The van der Waals surface area contributed by atoms with E-state index in [9.17, 15) is 0 Å². The van der Waals surface area contributed by atoms with Crippen molar-refractivity contribution in [2.75, 3.05) is 0 Å². The Labute approximate surface area is 147 Å². The van der Waals surface area contributed by atoms with Crippen LogP contribution in [0.1, 0.15) is 40.0 Å². The molecule has 0 amide bonds. The fourth-order valence-corrected chi connectivity index (χ4v) is 18.4. The second-order valence-electron chi connectivity index (χ2n) is 10.7. The van der Waals surface area contributed by atoms with E-state index >= 15 is 0 Å². The minimum absolute atomic E-state index is 0.338. The van der Waals surface area contributed by atoms with E-state index in [0.717, 1.165) is 0 Å². The normalized spacial score (nSPS) is 30.7. The zero-order valence-electron chi connectivity index (χ0n) is 16.8. The lowest BCUT2D eigenvalue weighted by Crippen LogP contribution is -2.70. The standard InChI is InChI=1S/C18H38O2Si3/c1-18(2,3)14-17-15-12-10-11-13-16(15)23(17,19-21(4,5)6)20-22(7,8)9/h10,12,15-17H,11,13-14H2,1-9H3/t15-,16+,17-/m0/s1. The van der Waals surface area contributed by atoms with E-state index in [1.165, 1.54) is 19.3 Å². The van der Waals surface area contributed by atoms with Gasteiger partial charge in [0.05, 0.1) is 0 Å². The Morgan fingerprint density at radius 3 is 1.96 bits per heavy atom. The highest BCUT2D eigenvalue weighted by Crippen LogP contribution is 2.65. The molecule has 1 fully saturated rings. The van der Waals surface area contributed by atoms with Crippen LogP contribution in [-0.2, 0) is 8.23 Å². The maximum absolute atomic E-state index is 7.02. The van der Waals surface area contributed by atoms with E-state index in [-0.39, 0.29) is 0 Å². The number of hydrogen-bond donors (Lipinski definition) is 0. The number of rotatable bonds is 5. The van der Waals surface area contributed by atoms with Gasteiger partial charge in [0.2, 0.25) is 0 Å². The molecular formula is C18H38O2Si3. The Hall–Kier alpha value is 0.311. The van der Waals surface area contributed by atoms with E-state index in [2.05, 4.69) is 72.2 Å². The van der Waals surface area contributed by atoms with Crippen molar-refractivity contribution in [3.63, 3.8) is 0 Å². The van der Waals surface area contributed by atoms with Crippen LogP contribution in [-0.4, -0.2) is 25.2 Å². The van der Waals surface area contributed by atoms with Crippen molar-refractivity contribution in [2.24, 2.45) is 11.3 Å². The summed E-state index contributed by atoms with van der Waals surface area (Å²) in [7, 11) is -5.38. The summed E-state index contributed by atoms with van der Waals surface area (Å²) in [6, 6.07) is 0. The molecule has 1 heterocycles. The first kappa shape index (κ1) is 19.6. The molecule has 0 radical (unpaired) electrons. The highest BCUT2D eigenvalue weighted by Gasteiger charge is 2.68. The van der Waals surface area contributed by atoms with E-state index in [4.69, 9.17) is 8.23 Å². The Balaban J connectivity index is 2.40. The lowest BCUT2D eigenvalue weighted by atomic mass is 9.81. The maximum atomic E-state index is 7.02. The fraction of sp³-hybridized carbons (Fsp3) is 0.889. The first-order valence-electron chi connectivity index (χ1n) is 9.31. The SMILES string of the molecule is CC(C)(C)C[C@H]1[C@H]2C=CCC[C@H]2[Si]1(O[Si](C)(C)C)O[Si](C)(C)C. The van der Waals surface area contributed by atoms with Crippen LogP contribution in [0.2, 0.25) is 50.4 Å². The molecule has 134 valence electrons. The van der Waals surface area contributed by atoms with Crippen LogP contribution in [0.15, 0.2) is 12.2 Å². The summed E-state index contributed by atoms with van der Waals surface area (Å²) in [5.41, 5.74) is 1.67. The van der Waals surface area contributed by atoms with Gasteiger partial charge in [-0.1, -0.05) is 32.9 Å². The van der Waals surface area contributed by atoms with E-state index in [1.54, 1.807) is 0 Å². The van der Waals surface area contributed by atoms with Gasteiger partial charge in [-0.2, -0.15) is 0 Å². The summed E-state index contributed by atoms with van der Waals surface area (Å²) < 4.78 is 14.0. The van der Waals surface area contributed by atoms with Crippen molar-refractivity contribution < 1.29 is 8.23 Å². The van der Waals surface area contributed by atoms with Crippen molar-refractivity contribution >= 4 is 25.2 Å². The van der Waals surface area contributed by atoms with Crippen molar-refractivity contribution in [1.82, 2.24) is 0 Å². The van der Waals surface area contributed by atoms with Crippen LogP contribution >= 0.6 is 0 Å². The van der Waals surface area contributed by atoms with Gasteiger partial charge in [0.15, 0.2) is 16.6 Å². The molecule has 2 nitrogen and oxygen atoms in total. The molecule has 0 unspecified atom stereocenters. The predicted octanol–water partition coefficient (Wildman–Crippen LogP) is 6.29. The molecule has 5 heteroatoms. The Bertz CT molecular complexity index is 438. The van der Waals surface area contributed by atoms with Crippen LogP contribution in [0, 0.1) is 11.3 Å². The monoisotopic (exact) mass is 370 g/mol. The molecule has 2 aliphatic rings. The fourth-order valence-electron chi connectivity index (χ4n) is 4.38. The van der Waals surface area contributed by atoms with Crippen LogP contribution < -0.4 is 0 Å². The topological polar surface area (TPSA) is 18.5 Å². The third-order valence-electron chi connectivity index (χ3n) is 4.73. The van der Waals surface area contributed by atoms with Crippen molar-refractivity contribution in [1.29, 1.82) is 0 Å². The van der Waals surface area contributed by atoms with Gasteiger partial charge >= 0.3 is 8.56 Å². The molecule has 0 aromatic carbocycles. The maximum Gasteiger partial charge on any atom is 0.325 e. The summed E-state index contributed by atoms with van der Waals surface area (Å²) in [4.78, 5) is 0. The van der Waals surface area contributed by atoms with Crippen molar-refractivity contribution in [3.05, 3.63) is 12.2 Å². The predicted molar refractivity (Wildman–Crippen MR) is 108 cm³/mol. The highest BCUT2D eigenvalue weighted by atomic mass is 28.5. The summed E-state index contributed by atoms with van der Waals surface area (Å²) in [6.45, 7) is 21.2. The first-order valence-corrected chi connectivity index (χ1v) is 18.1. The van der Waals surface area contributed by atoms with E-state index < -0.39 is 25.2 Å². The molecule has 0 spiro atoms. The molecule has 23 heavy (non-hydrogen) atoms. The van der Waals surface area contributed by atoms with Crippen LogP contribution in [0.3, 0.4) is 0 Å². The third-order valence-corrected chi connectivity index (χ3v) is 15.5. The zero-order chi connectivity index (χ0) is 17.7. The van der Waals surface area contributed by atoms with Gasteiger partial charge in [0.1, 0.15) is 0 Å². The largest absolute Gasteiger partial charge is 0.436 e. The second kappa shape index (κ2) is 6.24. The number of allylic oxidation sites excluding steroid dienone is 2. The van der Waals surface area contributed by atoms with Gasteiger partial charge in [-0.3, -0.25) is 0 Å². The molecule has 1 saturated heterocycles. The zero-order valence-corrected chi connectivity index (χ0v) is 19.8. The Morgan fingerprint density at radius 1 is 1.00 bits per heavy atom. The molecule has 0 saturated carbocycles. The first-order chi connectivity index (χ1) is 10.2. The molecule has 1 aliphatic heterocycles. The minimum atomic E-state index is -2.14. The Morgan fingerprint density at radius 2 is 1.52 bits per heavy atom. The van der Waals surface area contributed by atoms with Crippen molar-refractivity contribution in [3.8, 4) is 0 Å². The van der Waals surface area contributed by atoms with Gasteiger partial charge in [-0.25, -0.2) is 0 Å². The summed E-state index contributed by atoms with van der Waals surface area (Å²) in [5.74, 6) is 0.711. The third kappa shape index (κ3) is 4.69. The van der Waals surface area contributed by atoms with E-state index in [1.807, 2.05) is 0 Å². The molecular weight excluding hydrogens is 332 g/mol. The van der Waals surface area contributed by atoms with Gasteiger partial charge in [-0.05, 0) is 69.9 Å². The molecule has 0 aromatic rings. The summed E-state index contributed by atoms with van der Waals surface area (Å²) >= 11 is 0. The lowest BCUT2D eigenvalue weighted by molar-refractivity contribution is 0.188. The van der Waals surface area contributed by atoms with Gasteiger partial charge in [0.25, 0.3) is 0 Å². The van der Waals surface area contributed by atoms with Crippen LogP contribution in [0.25, 0.3) is 0 Å². The number of fused-ring (bicyclic) bond motifs is 1. The van der Waals surface area contributed by atoms with Crippen LogP contribution in [0.5, 0.6) is 0 Å². The molecule has 0 N–H and O–H groups in total. The summed E-state index contributed by atoms with van der Waals surface area (Å²) in [6.07, 6.45) is 8.63. The Kier molecular flexibility index (Phi) is 5.32. The molecule has 3 atom stereocenters. The summed E-state index contributed by atoms with van der Waals surface area (Å²) in [5, 5.41) is 0. The molecule has 0 aromatic heterocycles. The minimum Gasteiger partial charge on any atom is -0.436 e.